The van der Waals surface area contributed by atoms with Crippen LogP contribution in [0.15, 0.2) is 36.4 Å². The first-order chi connectivity index (χ1) is 11.5. The molecule has 0 bridgehead atoms. The number of benzene rings is 2. The second-order valence-corrected chi connectivity index (χ2v) is 5.86. The third kappa shape index (κ3) is 3.88. The summed E-state index contributed by atoms with van der Waals surface area (Å²) in [7, 11) is 5.06. The van der Waals surface area contributed by atoms with E-state index >= 15 is 0 Å². The molecule has 0 saturated heterocycles. The van der Waals surface area contributed by atoms with Crippen molar-refractivity contribution in [2.45, 2.75) is 26.7 Å². The molecule has 0 saturated carbocycles. The van der Waals surface area contributed by atoms with E-state index in [1.165, 1.54) is 11.1 Å². The van der Waals surface area contributed by atoms with Gasteiger partial charge in [-0.1, -0.05) is 12.1 Å². The molecule has 0 aromatic heterocycles. The molecule has 0 aliphatic heterocycles. The summed E-state index contributed by atoms with van der Waals surface area (Å²) in [6, 6.07) is 11.7. The lowest BCUT2D eigenvalue weighted by Gasteiger charge is -2.19. The largest absolute Gasteiger partial charge is 0.496 e. The predicted octanol–water partition coefficient (Wildman–Crippen LogP) is 3.92. The van der Waals surface area contributed by atoms with Crippen LogP contribution in [-0.2, 0) is 11.2 Å². The number of nitrogens with zero attached hydrogens (tertiary/aromatic N) is 1. The minimum Gasteiger partial charge on any atom is -0.496 e. The van der Waals surface area contributed by atoms with E-state index in [-0.39, 0.29) is 5.91 Å². The second-order valence-electron chi connectivity index (χ2n) is 5.86. The first-order valence-corrected chi connectivity index (χ1v) is 8.01. The second kappa shape index (κ2) is 7.86. The van der Waals surface area contributed by atoms with Crippen LogP contribution in [-0.4, -0.2) is 27.2 Å². The Bertz CT molecular complexity index is 703. The maximum Gasteiger partial charge on any atom is 0.227 e. The van der Waals surface area contributed by atoms with Crippen LogP contribution in [0.5, 0.6) is 11.5 Å². The number of ether oxygens (including phenoxy) is 2. The highest BCUT2D eigenvalue weighted by Gasteiger charge is 2.15. The van der Waals surface area contributed by atoms with Gasteiger partial charge in [0, 0.05) is 24.7 Å². The summed E-state index contributed by atoms with van der Waals surface area (Å²) in [5, 5.41) is 0. The summed E-state index contributed by atoms with van der Waals surface area (Å²) in [6.07, 6.45) is 0.960. The zero-order valence-electron chi connectivity index (χ0n) is 15.1. The number of aryl methyl sites for hydroxylation is 2. The maximum absolute atomic E-state index is 12.6. The van der Waals surface area contributed by atoms with Crippen LogP contribution in [0.3, 0.4) is 0 Å². The van der Waals surface area contributed by atoms with E-state index in [1.807, 2.05) is 43.4 Å². The van der Waals surface area contributed by atoms with Crippen molar-refractivity contribution in [1.82, 2.24) is 0 Å². The fraction of sp³-hybridized carbons (Fsp3) is 0.350. The topological polar surface area (TPSA) is 38.8 Å². The van der Waals surface area contributed by atoms with Gasteiger partial charge in [-0.3, -0.25) is 4.79 Å². The molecule has 1 amide bonds. The molecule has 2 aromatic carbocycles. The van der Waals surface area contributed by atoms with Gasteiger partial charge in [0.25, 0.3) is 0 Å². The fourth-order valence-electron chi connectivity index (χ4n) is 2.65. The zero-order chi connectivity index (χ0) is 17.7. The van der Waals surface area contributed by atoms with Gasteiger partial charge in [-0.15, -0.1) is 0 Å². The molecule has 4 nitrogen and oxygen atoms in total. The lowest BCUT2D eigenvalue weighted by atomic mass is 10.1. The van der Waals surface area contributed by atoms with Crippen LogP contribution in [0.1, 0.15) is 23.1 Å². The van der Waals surface area contributed by atoms with E-state index < -0.39 is 0 Å². The molecule has 0 atom stereocenters. The normalized spacial score (nSPS) is 10.4. The van der Waals surface area contributed by atoms with E-state index in [2.05, 4.69) is 13.8 Å². The van der Waals surface area contributed by atoms with Crippen molar-refractivity contribution >= 4 is 11.6 Å². The molecule has 0 unspecified atom stereocenters. The highest BCUT2D eigenvalue weighted by atomic mass is 16.5. The van der Waals surface area contributed by atoms with Gasteiger partial charge in [-0.2, -0.15) is 0 Å². The standard InChI is InChI=1S/C20H25NO3/c1-14-9-10-16(13-15(14)2)21(3)20(22)12-11-17-18(23-4)7-6-8-19(17)24-5/h6-10,13H,11-12H2,1-5H3. The van der Waals surface area contributed by atoms with Gasteiger partial charge >= 0.3 is 0 Å². The van der Waals surface area contributed by atoms with E-state index in [9.17, 15) is 4.79 Å². The van der Waals surface area contributed by atoms with Crippen molar-refractivity contribution in [1.29, 1.82) is 0 Å². The summed E-state index contributed by atoms with van der Waals surface area (Å²) in [4.78, 5) is 14.3. The van der Waals surface area contributed by atoms with Crippen LogP contribution in [0.25, 0.3) is 0 Å². The Hall–Kier alpha value is -2.49. The Labute approximate surface area is 144 Å². The summed E-state index contributed by atoms with van der Waals surface area (Å²) in [5.74, 6) is 1.55. The van der Waals surface area contributed by atoms with Crippen molar-refractivity contribution in [2.24, 2.45) is 0 Å². The molecule has 0 aliphatic rings. The minimum absolute atomic E-state index is 0.0613. The van der Waals surface area contributed by atoms with Gasteiger partial charge in [0.05, 0.1) is 14.2 Å². The lowest BCUT2D eigenvalue weighted by molar-refractivity contribution is -0.118. The summed E-state index contributed by atoms with van der Waals surface area (Å²) < 4.78 is 10.8. The Morgan fingerprint density at radius 2 is 1.62 bits per heavy atom. The molecule has 0 spiro atoms. The van der Waals surface area contributed by atoms with E-state index in [0.717, 1.165) is 22.7 Å². The van der Waals surface area contributed by atoms with E-state index in [1.54, 1.807) is 19.1 Å². The van der Waals surface area contributed by atoms with Crippen molar-refractivity contribution < 1.29 is 14.3 Å². The predicted molar refractivity (Wildman–Crippen MR) is 97.2 cm³/mol. The first kappa shape index (κ1) is 17.9. The molecule has 2 rings (SSSR count). The Balaban J connectivity index is 2.11. The fourth-order valence-corrected chi connectivity index (χ4v) is 2.65. The van der Waals surface area contributed by atoms with Gasteiger partial charge in [0.2, 0.25) is 5.91 Å². The lowest BCUT2D eigenvalue weighted by Crippen LogP contribution is -2.26. The Kier molecular flexibility index (Phi) is 5.85. The average Bonchev–Trinajstić information content (AvgIpc) is 2.60. The molecule has 0 radical (unpaired) electrons. The molecular weight excluding hydrogens is 302 g/mol. The molecule has 0 fully saturated rings. The van der Waals surface area contributed by atoms with Crippen LogP contribution in [0.4, 0.5) is 5.69 Å². The molecule has 2 aromatic rings. The SMILES string of the molecule is COc1cccc(OC)c1CCC(=O)N(C)c1ccc(C)c(C)c1. The Morgan fingerprint density at radius 3 is 2.17 bits per heavy atom. The third-order valence-electron chi connectivity index (χ3n) is 4.37. The highest BCUT2D eigenvalue weighted by Crippen LogP contribution is 2.29. The van der Waals surface area contributed by atoms with E-state index in [0.29, 0.717) is 12.8 Å². The average molecular weight is 327 g/mol. The smallest absolute Gasteiger partial charge is 0.227 e. The van der Waals surface area contributed by atoms with Crippen LogP contribution >= 0.6 is 0 Å². The third-order valence-corrected chi connectivity index (χ3v) is 4.37. The van der Waals surface area contributed by atoms with Gasteiger partial charge in [0.1, 0.15) is 11.5 Å². The number of methoxy groups -OCH3 is 2. The van der Waals surface area contributed by atoms with Gasteiger partial charge in [-0.05, 0) is 55.7 Å². The molecule has 0 aliphatic carbocycles. The monoisotopic (exact) mass is 327 g/mol. The van der Waals surface area contributed by atoms with Crippen molar-refractivity contribution in [3.63, 3.8) is 0 Å². The van der Waals surface area contributed by atoms with Crippen LogP contribution in [0, 0.1) is 13.8 Å². The first-order valence-electron chi connectivity index (χ1n) is 8.01. The Morgan fingerprint density at radius 1 is 1.00 bits per heavy atom. The molecule has 0 N–H and O–H groups in total. The summed E-state index contributed by atoms with van der Waals surface area (Å²) in [5.41, 5.74) is 4.23. The van der Waals surface area contributed by atoms with E-state index in [4.69, 9.17) is 9.47 Å². The molecule has 4 heteroatoms. The number of carbonyl (C=O) groups excluding carboxylic acids is 1. The number of rotatable bonds is 6. The van der Waals surface area contributed by atoms with Gasteiger partial charge < -0.3 is 14.4 Å². The van der Waals surface area contributed by atoms with Gasteiger partial charge in [-0.25, -0.2) is 0 Å². The molecule has 128 valence electrons. The van der Waals surface area contributed by atoms with Crippen molar-refractivity contribution in [2.75, 3.05) is 26.2 Å². The number of carbonyl (C=O) groups is 1. The maximum atomic E-state index is 12.6. The summed E-state index contributed by atoms with van der Waals surface area (Å²) in [6.45, 7) is 4.12. The molecule has 0 heterocycles. The van der Waals surface area contributed by atoms with Crippen molar-refractivity contribution in [3.05, 3.63) is 53.1 Å². The quantitative estimate of drug-likeness (QED) is 0.807. The molecular formula is C20H25NO3. The molecule has 24 heavy (non-hydrogen) atoms. The minimum atomic E-state index is 0.0613. The number of hydrogen-bond acceptors (Lipinski definition) is 3. The van der Waals surface area contributed by atoms with Crippen LogP contribution < -0.4 is 14.4 Å². The number of hydrogen-bond donors (Lipinski definition) is 0. The summed E-state index contributed by atoms with van der Waals surface area (Å²) >= 11 is 0. The van der Waals surface area contributed by atoms with Crippen LogP contribution in [0.2, 0.25) is 0 Å². The number of anilines is 1. The number of amides is 1. The van der Waals surface area contributed by atoms with Crippen molar-refractivity contribution in [3.8, 4) is 11.5 Å². The van der Waals surface area contributed by atoms with Gasteiger partial charge in [0.15, 0.2) is 0 Å². The highest BCUT2D eigenvalue weighted by molar-refractivity contribution is 5.93. The zero-order valence-corrected chi connectivity index (χ0v) is 15.1.